The molecule has 0 aliphatic heterocycles. The van der Waals surface area contributed by atoms with E-state index in [9.17, 15) is 20.4 Å². The van der Waals surface area contributed by atoms with Gasteiger partial charge >= 0.3 is 0 Å². The Labute approximate surface area is 141 Å². The first kappa shape index (κ1) is 20.0. The Bertz CT molecular complexity index is 549. The summed E-state index contributed by atoms with van der Waals surface area (Å²) < 4.78 is 11.2. The maximum Gasteiger partial charge on any atom is 0.141 e. The molecule has 1 rings (SSSR count). The summed E-state index contributed by atoms with van der Waals surface area (Å²) in [6.07, 6.45) is 13.6. The second-order valence-electron chi connectivity index (χ2n) is 5.40. The highest BCUT2D eigenvalue weighted by Gasteiger charge is 2.69. The Morgan fingerprint density at radius 1 is 0.667 bits per heavy atom. The van der Waals surface area contributed by atoms with Crippen LogP contribution in [0.2, 0.25) is 0 Å². The van der Waals surface area contributed by atoms with Gasteiger partial charge in [0.1, 0.15) is 48.8 Å². The molecule has 0 aromatic heterocycles. The van der Waals surface area contributed by atoms with Gasteiger partial charge in [0.05, 0.1) is 0 Å². The standard InChI is InChI=1S/C18H20O6/c1-5-9-17(23-11-7-3)15(21)13(19)14(20)16(22)18(17,10-6-2)24-12-8-4/h1-4,13-16,19-22H,9-12H2. The third kappa shape index (κ3) is 3.01. The van der Waals surface area contributed by atoms with Crippen LogP contribution in [0.3, 0.4) is 0 Å². The summed E-state index contributed by atoms with van der Waals surface area (Å²) in [5, 5.41) is 41.4. The minimum atomic E-state index is -1.87. The molecular formula is C18H20O6. The lowest BCUT2D eigenvalue weighted by Crippen LogP contribution is -2.79. The molecule has 6 nitrogen and oxygen atoms in total. The smallest absolute Gasteiger partial charge is 0.141 e. The summed E-state index contributed by atoms with van der Waals surface area (Å²) in [7, 11) is 0. The number of aliphatic hydroxyl groups excluding tert-OH is 4. The van der Waals surface area contributed by atoms with Crippen LogP contribution in [0.25, 0.3) is 0 Å². The zero-order valence-electron chi connectivity index (χ0n) is 13.1. The Morgan fingerprint density at radius 2 is 1.00 bits per heavy atom. The summed E-state index contributed by atoms with van der Waals surface area (Å²) >= 11 is 0. The Balaban J connectivity index is 3.62. The van der Waals surface area contributed by atoms with Gasteiger partial charge in [-0.1, -0.05) is 11.8 Å². The SMILES string of the molecule is C#CCOC1(CC#C)C(O)C(O)C(O)C(O)C1(CC#C)OCC#C. The molecule has 0 aromatic carbocycles. The van der Waals surface area contributed by atoms with Crippen molar-refractivity contribution in [3.63, 3.8) is 0 Å². The molecular weight excluding hydrogens is 312 g/mol. The molecule has 1 aliphatic carbocycles. The molecule has 1 fully saturated rings. The van der Waals surface area contributed by atoms with E-state index in [4.69, 9.17) is 35.2 Å². The first-order valence-electron chi connectivity index (χ1n) is 7.12. The summed E-state index contributed by atoms with van der Waals surface area (Å²) in [6.45, 7) is -0.611. The fraction of sp³-hybridized carbons (Fsp3) is 0.556. The maximum absolute atomic E-state index is 10.6. The minimum Gasteiger partial charge on any atom is -0.387 e. The molecule has 128 valence electrons. The molecule has 24 heavy (non-hydrogen) atoms. The van der Waals surface area contributed by atoms with Crippen LogP contribution in [0.4, 0.5) is 0 Å². The average Bonchev–Trinajstić information content (AvgIpc) is 2.58. The van der Waals surface area contributed by atoms with E-state index in [1.54, 1.807) is 0 Å². The predicted octanol–water partition coefficient (Wildman–Crippen LogP) is -1.73. The Hall–Kier alpha value is -2.00. The lowest BCUT2D eigenvalue weighted by atomic mass is 9.62. The van der Waals surface area contributed by atoms with Crippen molar-refractivity contribution >= 4 is 0 Å². The van der Waals surface area contributed by atoms with Crippen LogP contribution in [0.15, 0.2) is 0 Å². The lowest BCUT2D eigenvalue weighted by molar-refractivity contribution is -0.329. The van der Waals surface area contributed by atoms with Gasteiger partial charge in [-0.25, -0.2) is 0 Å². The van der Waals surface area contributed by atoms with Crippen molar-refractivity contribution in [1.29, 1.82) is 0 Å². The van der Waals surface area contributed by atoms with E-state index in [1.807, 2.05) is 0 Å². The van der Waals surface area contributed by atoms with E-state index < -0.39 is 35.6 Å². The maximum atomic E-state index is 10.6. The summed E-state index contributed by atoms with van der Waals surface area (Å²) in [5.41, 5.74) is -3.73. The zero-order chi connectivity index (χ0) is 18.4. The number of aliphatic hydroxyl groups is 4. The molecule has 0 saturated heterocycles. The molecule has 1 saturated carbocycles. The summed E-state index contributed by atoms with van der Waals surface area (Å²) in [6, 6.07) is 0. The van der Waals surface area contributed by atoms with Gasteiger partial charge < -0.3 is 29.9 Å². The van der Waals surface area contributed by atoms with Crippen molar-refractivity contribution in [2.24, 2.45) is 0 Å². The van der Waals surface area contributed by atoms with Crippen LogP contribution in [0.1, 0.15) is 12.8 Å². The summed E-state index contributed by atoms with van der Waals surface area (Å²) in [5.74, 6) is 9.05. The quantitative estimate of drug-likeness (QED) is 0.431. The van der Waals surface area contributed by atoms with Crippen LogP contribution < -0.4 is 0 Å². The van der Waals surface area contributed by atoms with E-state index in [1.165, 1.54) is 0 Å². The van der Waals surface area contributed by atoms with Crippen molar-refractivity contribution in [3.05, 3.63) is 0 Å². The highest BCUT2D eigenvalue weighted by atomic mass is 16.6. The molecule has 6 atom stereocenters. The molecule has 0 heterocycles. The molecule has 4 N–H and O–H groups in total. The van der Waals surface area contributed by atoms with Gasteiger partial charge in [-0.15, -0.1) is 37.5 Å². The van der Waals surface area contributed by atoms with Gasteiger partial charge in [0.2, 0.25) is 0 Å². The molecule has 0 bridgehead atoms. The molecule has 0 amide bonds. The molecule has 0 radical (unpaired) electrons. The van der Waals surface area contributed by atoms with Crippen LogP contribution in [0.5, 0.6) is 0 Å². The van der Waals surface area contributed by atoms with E-state index >= 15 is 0 Å². The topological polar surface area (TPSA) is 99.4 Å². The van der Waals surface area contributed by atoms with Gasteiger partial charge in [0.25, 0.3) is 0 Å². The van der Waals surface area contributed by atoms with Crippen molar-refractivity contribution in [2.45, 2.75) is 48.5 Å². The number of rotatable bonds is 6. The van der Waals surface area contributed by atoms with Gasteiger partial charge in [-0.05, 0) is 0 Å². The van der Waals surface area contributed by atoms with Crippen molar-refractivity contribution < 1.29 is 29.9 Å². The van der Waals surface area contributed by atoms with E-state index in [2.05, 4.69) is 23.7 Å². The summed E-state index contributed by atoms with van der Waals surface area (Å²) in [4.78, 5) is 0. The molecule has 0 spiro atoms. The molecule has 1 aliphatic rings. The lowest BCUT2D eigenvalue weighted by Gasteiger charge is -2.58. The third-order valence-corrected chi connectivity index (χ3v) is 4.22. The highest BCUT2D eigenvalue weighted by Crippen LogP contribution is 2.47. The zero-order valence-corrected chi connectivity index (χ0v) is 13.1. The third-order valence-electron chi connectivity index (χ3n) is 4.22. The average molecular weight is 332 g/mol. The van der Waals surface area contributed by atoms with Crippen LogP contribution in [-0.2, 0) is 9.47 Å². The number of terminal acetylenes is 4. The van der Waals surface area contributed by atoms with Crippen LogP contribution in [-0.4, -0.2) is 69.3 Å². The van der Waals surface area contributed by atoms with Gasteiger partial charge in [-0.2, -0.15) is 0 Å². The van der Waals surface area contributed by atoms with Crippen LogP contribution >= 0.6 is 0 Å². The van der Waals surface area contributed by atoms with Gasteiger partial charge in [-0.3, -0.25) is 0 Å². The largest absolute Gasteiger partial charge is 0.387 e. The van der Waals surface area contributed by atoms with E-state index in [0.717, 1.165) is 0 Å². The predicted molar refractivity (Wildman–Crippen MR) is 86.0 cm³/mol. The highest BCUT2D eigenvalue weighted by molar-refractivity contribution is 5.25. The van der Waals surface area contributed by atoms with Crippen LogP contribution in [0, 0.1) is 49.4 Å². The second-order valence-corrected chi connectivity index (χ2v) is 5.40. The fourth-order valence-electron chi connectivity index (χ4n) is 3.10. The van der Waals surface area contributed by atoms with E-state index in [0.29, 0.717) is 0 Å². The Morgan fingerprint density at radius 3 is 1.25 bits per heavy atom. The monoisotopic (exact) mass is 332 g/mol. The van der Waals surface area contributed by atoms with Crippen molar-refractivity contribution in [3.8, 4) is 49.4 Å². The van der Waals surface area contributed by atoms with Gasteiger partial charge in [0.15, 0.2) is 0 Å². The van der Waals surface area contributed by atoms with Crippen molar-refractivity contribution in [2.75, 3.05) is 13.2 Å². The van der Waals surface area contributed by atoms with Crippen molar-refractivity contribution in [1.82, 2.24) is 0 Å². The second kappa shape index (κ2) is 8.20. The van der Waals surface area contributed by atoms with Gasteiger partial charge in [0, 0.05) is 12.8 Å². The molecule has 0 aromatic rings. The molecule has 6 heteroatoms. The number of hydrogen-bond acceptors (Lipinski definition) is 6. The number of ether oxygens (including phenoxy) is 2. The number of hydrogen-bond donors (Lipinski definition) is 4. The Kier molecular flexibility index (Phi) is 6.85. The fourth-order valence-corrected chi connectivity index (χ4v) is 3.10. The normalized spacial score (nSPS) is 38.3. The molecule has 6 unspecified atom stereocenters. The van der Waals surface area contributed by atoms with E-state index in [-0.39, 0.29) is 26.1 Å². The first-order chi connectivity index (χ1) is 11.4. The first-order valence-corrected chi connectivity index (χ1v) is 7.12. The minimum absolute atomic E-state index is 0.303.